The Hall–Kier alpha value is 0. The van der Waals surface area contributed by atoms with Crippen LogP contribution in [0.3, 0.4) is 0 Å². The zero-order valence-corrected chi connectivity index (χ0v) is 58.1. The van der Waals surface area contributed by atoms with Crippen LogP contribution < -0.4 is 0 Å². The molecule has 0 heteroatoms. The lowest BCUT2D eigenvalue weighted by molar-refractivity contribution is 0.0892. The van der Waals surface area contributed by atoms with Crippen LogP contribution >= 0.6 is 0 Å². The summed E-state index contributed by atoms with van der Waals surface area (Å²) in [4.78, 5) is 0. The normalized spacial score (nSPS) is 31.9. The van der Waals surface area contributed by atoms with Gasteiger partial charge >= 0.3 is 0 Å². The smallest absolute Gasteiger partial charge is 0.0328 e. The fourth-order valence-corrected chi connectivity index (χ4v) is 13.9. The first kappa shape index (κ1) is 75.0. The van der Waals surface area contributed by atoms with Crippen molar-refractivity contribution >= 4 is 0 Å². The molecule has 3 unspecified atom stereocenters. The Kier molecular flexibility index (Phi) is 40.0. The molecule has 0 bridgehead atoms. The van der Waals surface area contributed by atoms with E-state index < -0.39 is 0 Å². The lowest BCUT2D eigenvalue weighted by Crippen LogP contribution is -2.31. The Balaban J connectivity index is 0.000000423. The fraction of sp³-hybridized carbons (Fsp3) is 1.00. The van der Waals surface area contributed by atoms with Crippen LogP contribution in [-0.2, 0) is 0 Å². The lowest BCUT2D eigenvalue weighted by atomic mass is 9.64. The highest BCUT2D eigenvalue weighted by molar-refractivity contribution is 4.85. The SMILES string of the molecule is CC(C)C1CCC1.CC1(C)CCCC1.CC1CCC[C@H]1C.CC1CC[C@@H](C)C1.CCC1(C)CCC1.CCC1(C)CCC1.CCC1CC(C)C1.CCC1CCCC1.CCC1CC[C@@H]1C.CCCC1CCC1.C[C@H]1CCC1(C)C. The molecule has 11 fully saturated rings. The van der Waals surface area contributed by atoms with Gasteiger partial charge in [-0.2, -0.15) is 0 Å². The summed E-state index contributed by atoms with van der Waals surface area (Å²) in [6.45, 7) is 49.0. The third-order valence-corrected chi connectivity index (χ3v) is 24.0. The van der Waals surface area contributed by atoms with Crippen LogP contribution in [0, 0.1) is 98.6 Å². The average Bonchev–Trinajstić information content (AvgIpc) is 4.18. The van der Waals surface area contributed by atoms with E-state index in [1.165, 1.54) is 250 Å². The van der Waals surface area contributed by atoms with Crippen LogP contribution in [0.5, 0.6) is 0 Å². The van der Waals surface area contributed by atoms with Gasteiger partial charge in [-0.25, -0.2) is 0 Å². The van der Waals surface area contributed by atoms with E-state index in [0.29, 0.717) is 10.8 Å². The molecule has 0 saturated heterocycles. The molecule has 0 amide bonds. The molecule has 7 atom stereocenters. The summed E-state index contributed by atoms with van der Waals surface area (Å²) in [5.41, 5.74) is 2.90. The average molecular weight is 1080 g/mol. The molecule has 0 radical (unpaired) electrons. The first-order valence-corrected chi connectivity index (χ1v) is 36.3. The van der Waals surface area contributed by atoms with E-state index in [2.05, 4.69) is 145 Å². The minimum absolute atomic E-state index is 0.681. The first-order chi connectivity index (χ1) is 36.3. The summed E-state index contributed by atoms with van der Waals surface area (Å²) in [5.74, 6) is 13.6. The summed E-state index contributed by atoms with van der Waals surface area (Å²) in [7, 11) is 0. The van der Waals surface area contributed by atoms with Crippen molar-refractivity contribution in [1.82, 2.24) is 0 Å². The molecule has 11 saturated carbocycles. The Bertz CT molecular complexity index is 1240. The molecular weight excluding hydrogens is 925 g/mol. The van der Waals surface area contributed by atoms with Gasteiger partial charge in [0, 0.05) is 0 Å². The maximum Gasteiger partial charge on any atom is -0.0328 e. The van der Waals surface area contributed by atoms with E-state index in [1.54, 1.807) is 0 Å². The van der Waals surface area contributed by atoms with Gasteiger partial charge in [-0.05, 0) is 176 Å². The van der Waals surface area contributed by atoms with Crippen LogP contribution in [0.2, 0.25) is 0 Å². The second-order valence-electron chi connectivity index (χ2n) is 32.4. The summed E-state index contributed by atoms with van der Waals surface area (Å²) in [6.07, 6.45) is 57.3. The second-order valence-corrected chi connectivity index (χ2v) is 32.4. The molecule has 11 aliphatic carbocycles. The van der Waals surface area contributed by atoms with Gasteiger partial charge in [-0.1, -0.05) is 319 Å². The summed E-state index contributed by atoms with van der Waals surface area (Å²) < 4.78 is 0. The van der Waals surface area contributed by atoms with Crippen LogP contribution in [-0.4, -0.2) is 0 Å². The van der Waals surface area contributed by atoms with Crippen molar-refractivity contribution in [2.24, 2.45) is 98.6 Å². The monoisotopic (exact) mass is 1080 g/mol. The van der Waals surface area contributed by atoms with Crippen molar-refractivity contribution in [1.29, 1.82) is 0 Å². The summed E-state index contributed by atoms with van der Waals surface area (Å²) in [6, 6.07) is 0. The first-order valence-electron chi connectivity index (χ1n) is 36.3. The molecule has 0 aromatic carbocycles. The van der Waals surface area contributed by atoms with Gasteiger partial charge in [-0.3, -0.25) is 0 Å². The van der Waals surface area contributed by atoms with Crippen molar-refractivity contribution in [3.8, 4) is 0 Å². The molecule has 77 heavy (non-hydrogen) atoms. The predicted molar refractivity (Wildman–Crippen MR) is 354 cm³/mol. The molecule has 0 aliphatic heterocycles. The van der Waals surface area contributed by atoms with Gasteiger partial charge in [0.15, 0.2) is 0 Å². The minimum Gasteiger partial charge on any atom is -0.0654 e. The molecule has 0 heterocycles. The number of hydrogen-bond acceptors (Lipinski definition) is 0. The zero-order valence-electron chi connectivity index (χ0n) is 58.1. The molecule has 0 spiro atoms. The summed E-state index contributed by atoms with van der Waals surface area (Å²) in [5, 5.41) is 0. The minimum atomic E-state index is 0.681. The largest absolute Gasteiger partial charge is 0.0654 e. The van der Waals surface area contributed by atoms with Gasteiger partial charge in [0.25, 0.3) is 0 Å². The predicted octanol–water partition coefficient (Wildman–Crippen LogP) is 27.6. The van der Waals surface area contributed by atoms with Crippen molar-refractivity contribution in [3.05, 3.63) is 0 Å². The molecule has 11 aliphatic rings. The third-order valence-electron chi connectivity index (χ3n) is 24.0. The van der Waals surface area contributed by atoms with Gasteiger partial charge < -0.3 is 0 Å². The highest BCUT2D eigenvalue weighted by Gasteiger charge is 2.34. The maximum atomic E-state index is 2.39. The Morgan fingerprint density at radius 2 is 0.805 bits per heavy atom. The fourth-order valence-electron chi connectivity index (χ4n) is 13.9. The van der Waals surface area contributed by atoms with Crippen molar-refractivity contribution in [3.63, 3.8) is 0 Å². The second kappa shape index (κ2) is 41.1. The third kappa shape index (κ3) is 33.8. The highest BCUT2D eigenvalue weighted by atomic mass is 14.4. The lowest BCUT2D eigenvalue weighted by Gasteiger charge is -2.42. The number of hydrogen-bond donors (Lipinski definition) is 0. The van der Waals surface area contributed by atoms with Crippen LogP contribution in [0.4, 0.5) is 0 Å². The number of rotatable bonds is 8. The van der Waals surface area contributed by atoms with Crippen LogP contribution in [0.1, 0.15) is 396 Å². The van der Waals surface area contributed by atoms with Crippen LogP contribution in [0.15, 0.2) is 0 Å². The highest BCUT2D eigenvalue weighted by Crippen LogP contribution is 2.46. The molecular formula is C77H154. The van der Waals surface area contributed by atoms with E-state index in [-0.39, 0.29) is 0 Å². The Labute approximate surface area is 491 Å². The van der Waals surface area contributed by atoms with Crippen LogP contribution in [0.25, 0.3) is 0 Å². The van der Waals surface area contributed by atoms with Gasteiger partial charge in [0.1, 0.15) is 0 Å². The molecule has 462 valence electrons. The molecule has 0 aromatic rings. The maximum absolute atomic E-state index is 2.39. The van der Waals surface area contributed by atoms with E-state index in [9.17, 15) is 0 Å². The van der Waals surface area contributed by atoms with Gasteiger partial charge in [0.2, 0.25) is 0 Å². The van der Waals surface area contributed by atoms with E-state index in [1.807, 2.05) is 0 Å². The van der Waals surface area contributed by atoms with Crippen molar-refractivity contribution in [2.45, 2.75) is 396 Å². The molecule has 0 aromatic heterocycles. The van der Waals surface area contributed by atoms with Crippen molar-refractivity contribution < 1.29 is 0 Å². The molecule has 0 N–H and O–H groups in total. The quantitative estimate of drug-likeness (QED) is 0.227. The molecule has 11 rings (SSSR count). The van der Waals surface area contributed by atoms with Gasteiger partial charge in [-0.15, -0.1) is 0 Å². The van der Waals surface area contributed by atoms with E-state index in [0.717, 1.165) is 87.8 Å². The van der Waals surface area contributed by atoms with E-state index >= 15 is 0 Å². The Morgan fingerprint density at radius 1 is 0.364 bits per heavy atom. The Morgan fingerprint density at radius 3 is 0.896 bits per heavy atom. The van der Waals surface area contributed by atoms with Gasteiger partial charge in [0.05, 0.1) is 0 Å². The standard InChI is InChI=1S/11C7H14/c1-6-4-5-7(6,2)3;1-6-3-4-7(2)5-6;1-7(2)5-3-4-6-7;1-6-4-3-5-7(6)2;1-6(2)7-4-3-5-7;1-3-7-4-6(2)5-7;2*1-3-7(2)5-4-6-7;1-3-7-5-4-6(7)2;1-2-7-5-3-4-6-7;1-2-4-7-5-3-6-7/h6H,4-5H2,1-3H3;6-7H,3-5H2,1-2H3;3-6H2,1-2H3;3*6-7H,3-5H2,1-2H3;2*3-6H2,1-2H3;6-7H,3-5H2,1-2H3;2*7H,2-6H2,1H3/t6-;6-,7?;;6-,7?;;;;;6-,7?;;/m01.1....0../s1. The summed E-state index contributed by atoms with van der Waals surface area (Å²) >= 11 is 0. The van der Waals surface area contributed by atoms with E-state index in [4.69, 9.17) is 0 Å². The molecule has 0 nitrogen and oxygen atoms in total. The van der Waals surface area contributed by atoms with Crippen molar-refractivity contribution in [2.75, 3.05) is 0 Å². The zero-order chi connectivity index (χ0) is 58.1. The topological polar surface area (TPSA) is 0 Å².